The fourth-order valence-electron chi connectivity index (χ4n) is 2.68. The minimum atomic E-state index is -4.28. The molecule has 6 nitrogen and oxygen atoms in total. The summed E-state index contributed by atoms with van der Waals surface area (Å²) in [5, 5.41) is 5.86. The second-order valence-electron chi connectivity index (χ2n) is 6.06. The number of amides is 1. The number of likely N-dealkylation sites (tertiary alicyclic amines) is 1. The van der Waals surface area contributed by atoms with Crippen LogP contribution in [-0.4, -0.2) is 69.4 Å². The maximum Gasteiger partial charge on any atom is 0.411 e. The van der Waals surface area contributed by atoms with Gasteiger partial charge in [0.2, 0.25) is 5.91 Å². The largest absolute Gasteiger partial charge is 0.411 e. The van der Waals surface area contributed by atoms with E-state index in [1.807, 2.05) is 6.92 Å². The minimum absolute atomic E-state index is 0.0383. The lowest BCUT2D eigenvalue weighted by atomic mass is 9.93. The SMILES string of the molecule is CCNC(=NCCCOCC(F)(F)F)N1CCC(CC(=O)NC)CC1. The Morgan fingerprint density at radius 2 is 2.00 bits per heavy atom. The predicted octanol–water partition coefficient (Wildman–Crippen LogP) is 1.77. The molecule has 1 heterocycles. The van der Waals surface area contributed by atoms with Crippen molar-refractivity contribution in [2.24, 2.45) is 10.9 Å². The number of piperidine rings is 1. The predicted molar refractivity (Wildman–Crippen MR) is 90.5 cm³/mol. The van der Waals surface area contributed by atoms with Gasteiger partial charge in [-0.3, -0.25) is 9.79 Å². The molecular weight excluding hydrogens is 337 g/mol. The Bertz CT molecular complexity index is 422. The Kier molecular flexibility index (Phi) is 9.62. The third-order valence-corrected chi connectivity index (χ3v) is 3.98. The molecule has 1 fully saturated rings. The first-order valence-electron chi connectivity index (χ1n) is 8.74. The molecule has 2 N–H and O–H groups in total. The number of aliphatic imine (C=N–C) groups is 1. The van der Waals surface area contributed by atoms with Gasteiger partial charge < -0.3 is 20.3 Å². The van der Waals surface area contributed by atoms with Crippen LogP contribution < -0.4 is 10.6 Å². The lowest BCUT2D eigenvalue weighted by Crippen LogP contribution is -2.46. The lowest BCUT2D eigenvalue weighted by molar-refractivity contribution is -0.173. The van der Waals surface area contributed by atoms with Crippen molar-refractivity contribution in [2.45, 2.75) is 38.8 Å². The first-order valence-corrected chi connectivity index (χ1v) is 8.74. The molecule has 0 atom stereocenters. The summed E-state index contributed by atoms with van der Waals surface area (Å²) in [6.07, 6.45) is -1.44. The fourth-order valence-corrected chi connectivity index (χ4v) is 2.68. The van der Waals surface area contributed by atoms with E-state index in [-0.39, 0.29) is 12.5 Å². The molecule has 0 aromatic carbocycles. The van der Waals surface area contributed by atoms with Crippen molar-refractivity contribution >= 4 is 11.9 Å². The molecule has 9 heteroatoms. The van der Waals surface area contributed by atoms with Gasteiger partial charge in [0.1, 0.15) is 6.61 Å². The minimum Gasteiger partial charge on any atom is -0.372 e. The molecular formula is C16H29F3N4O2. The molecule has 1 rings (SSSR count). The number of nitrogens with one attached hydrogen (secondary N) is 2. The highest BCUT2D eigenvalue weighted by atomic mass is 19.4. The normalized spacial score (nSPS) is 16.8. The van der Waals surface area contributed by atoms with Crippen molar-refractivity contribution in [3.05, 3.63) is 0 Å². The Balaban J connectivity index is 2.34. The van der Waals surface area contributed by atoms with E-state index < -0.39 is 12.8 Å². The molecule has 0 saturated carbocycles. The molecule has 0 spiro atoms. The van der Waals surface area contributed by atoms with E-state index in [4.69, 9.17) is 0 Å². The molecule has 0 aliphatic carbocycles. The van der Waals surface area contributed by atoms with E-state index in [9.17, 15) is 18.0 Å². The highest BCUT2D eigenvalue weighted by molar-refractivity contribution is 5.80. The van der Waals surface area contributed by atoms with Gasteiger partial charge in [0, 0.05) is 46.3 Å². The lowest BCUT2D eigenvalue weighted by Gasteiger charge is -2.34. The molecule has 0 bridgehead atoms. The fraction of sp³-hybridized carbons (Fsp3) is 0.875. The van der Waals surface area contributed by atoms with E-state index in [0.717, 1.165) is 38.4 Å². The maximum absolute atomic E-state index is 12.0. The van der Waals surface area contributed by atoms with Gasteiger partial charge in [-0.1, -0.05) is 0 Å². The summed E-state index contributed by atoms with van der Waals surface area (Å²) in [4.78, 5) is 18.0. The Hall–Kier alpha value is -1.51. The Morgan fingerprint density at radius 1 is 1.32 bits per heavy atom. The third kappa shape index (κ3) is 9.52. The van der Waals surface area contributed by atoms with Crippen LogP contribution in [0.3, 0.4) is 0 Å². The molecule has 1 saturated heterocycles. The van der Waals surface area contributed by atoms with Crippen LogP contribution in [0.4, 0.5) is 13.2 Å². The van der Waals surface area contributed by atoms with E-state index in [1.165, 1.54) is 0 Å². The highest BCUT2D eigenvalue weighted by Gasteiger charge is 2.27. The summed E-state index contributed by atoms with van der Waals surface area (Å²) >= 11 is 0. The number of hydrogen-bond donors (Lipinski definition) is 2. The summed E-state index contributed by atoms with van der Waals surface area (Å²) in [5.74, 6) is 1.23. The van der Waals surface area contributed by atoms with Crippen molar-refractivity contribution in [2.75, 3.05) is 46.4 Å². The first kappa shape index (κ1) is 21.5. The van der Waals surface area contributed by atoms with Crippen LogP contribution in [0.25, 0.3) is 0 Å². The summed E-state index contributed by atoms with van der Waals surface area (Å²) in [5.41, 5.74) is 0. The van der Waals surface area contributed by atoms with Crippen LogP contribution >= 0.6 is 0 Å². The zero-order chi connectivity index (χ0) is 18.7. The maximum atomic E-state index is 12.0. The Morgan fingerprint density at radius 3 is 2.56 bits per heavy atom. The van der Waals surface area contributed by atoms with Gasteiger partial charge in [0.05, 0.1) is 0 Å². The number of carbonyl (C=O) groups excluding carboxylic acids is 1. The van der Waals surface area contributed by atoms with E-state index >= 15 is 0 Å². The number of halogens is 3. The molecule has 146 valence electrons. The molecule has 0 radical (unpaired) electrons. The summed E-state index contributed by atoms with van der Waals surface area (Å²) in [6, 6.07) is 0. The number of rotatable bonds is 8. The highest BCUT2D eigenvalue weighted by Crippen LogP contribution is 2.20. The van der Waals surface area contributed by atoms with Gasteiger partial charge >= 0.3 is 6.18 Å². The van der Waals surface area contributed by atoms with Gasteiger partial charge in [0.15, 0.2) is 5.96 Å². The van der Waals surface area contributed by atoms with Crippen LogP contribution in [-0.2, 0) is 9.53 Å². The van der Waals surface area contributed by atoms with Crippen molar-refractivity contribution < 1.29 is 22.7 Å². The molecule has 25 heavy (non-hydrogen) atoms. The second kappa shape index (κ2) is 11.2. The smallest absolute Gasteiger partial charge is 0.372 e. The van der Waals surface area contributed by atoms with Gasteiger partial charge in [0.25, 0.3) is 0 Å². The van der Waals surface area contributed by atoms with Crippen LogP contribution in [0.15, 0.2) is 4.99 Å². The van der Waals surface area contributed by atoms with Crippen molar-refractivity contribution in [1.29, 1.82) is 0 Å². The zero-order valence-corrected chi connectivity index (χ0v) is 15.0. The van der Waals surface area contributed by atoms with Crippen LogP contribution in [0.2, 0.25) is 0 Å². The molecule has 0 unspecified atom stereocenters. The van der Waals surface area contributed by atoms with Gasteiger partial charge in [-0.05, 0) is 32.1 Å². The molecule has 1 amide bonds. The number of carbonyl (C=O) groups is 1. The zero-order valence-electron chi connectivity index (χ0n) is 15.0. The van der Waals surface area contributed by atoms with Crippen LogP contribution in [0.1, 0.15) is 32.6 Å². The van der Waals surface area contributed by atoms with Crippen molar-refractivity contribution in [3.8, 4) is 0 Å². The quantitative estimate of drug-likeness (QED) is 0.390. The van der Waals surface area contributed by atoms with E-state index in [1.54, 1.807) is 7.05 Å². The van der Waals surface area contributed by atoms with Crippen molar-refractivity contribution in [3.63, 3.8) is 0 Å². The number of alkyl halides is 3. The van der Waals surface area contributed by atoms with E-state index in [2.05, 4.69) is 25.3 Å². The monoisotopic (exact) mass is 366 g/mol. The number of hydrogen-bond acceptors (Lipinski definition) is 3. The number of guanidine groups is 1. The van der Waals surface area contributed by atoms with Gasteiger partial charge in [-0.2, -0.15) is 13.2 Å². The molecule has 0 aromatic heterocycles. The average molecular weight is 366 g/mol. The Labute approximate surface area is 147 Å². The molecule has 0 aromatic rings. The third-order valence-electron chi connectivity index (χ3n) is 3.98. The van der Waals surface area contributed by atoms with Gasteiger partial charge in [-0.25, -0.2) is 0 Å². The van der Waals surface area contributed by atoms with Crippen molar-refractivity contribution in [1.82, 2.24) is 15.5 Å². The second-order valence-corrected chi connectivity index (χ2v) is 6.06. The summed E-state index contributed by atoms with van der Waals surface area (Å²) in [6.45, 7) is 3.57. The number of ether oxygens (including phenoxy) is 1. The van der Waals surface area contributed by atoms with Gasteiger partial charge in [-0.15, -0.1) is 0 Å². The van der Waals surface area contributed by atoms with E-state index in [0.29, 0.717) is 25.3 Å². The van der Waals surface area contributed by atoms with Crippen LogP contribution in [0.5, 0.6) is 0 Å². The molecule has 1 aliphatic rings. The average Bonchev–Trinajstić information content (AvgIpc) is 2.56. The number of nitrogens with zero attached hydrogens (tertiary/aromatic N) is 2. The molecule has 1 aliphatic heterocycles. The van der Waals surface area contributed by atoms with Crippen LogP contribution in [0, 0.1) is 5.92 Å². The topological polar surface area (TPSA) is 66.0 Å². The first-order chi connectivity index (χ1) is 11.9. The summed E-state index contributed by atoms with van der Waals surface area (Å²) in [7, 11) is 1.64. The summed E-state index contributed by atoms with van der Waals surface area (Å²) < 4.78 is 40.5. The standard InChI is InChI=1S/C16H29F3N4O2/c1-3-21-15(22-7-4-10-25-12-16(17,18)19)23-8-5-13(6-9-23)11-14(24)20-2/h13H,3-12H2,1-2H3,(H,20,24)(H,21,22).